The molecule has 2 aromatic rings. The molecule has 0 aliphatic carbocycles. The molecule has 0 saturated heterocycles. The van der Waals surface area contributed by atoms with Crippen LogP contribution in [0.4, 0.5) is 13.2 Å². The van der Waals surface area contributed by atoms with Gasteiger partial charge in [0.05, 0.1) is 5.56 Å². The predicted octanol–water partition coefficient (Wildman–Crippen LogP) is 2.77. The third-order valence-corrected chi connectivity index (χ3v) is 3.73. The molecule has 0 spiro atoms. The van der Waals surface area contributed by atoms with Gasteiger partial charge in [-0.2, -0.15) is 13.2 Å². The average molecular weight is 307 g/mol. The second kappa shape index (κ2) is 6.04. The van der Waals surface area contributed by atoms with E-state index in [4.69, 9.17) is 0 Å². The third kappa shape index (κ3) is 3.44. The van der Waals surface area contributed by atoms with E-state index in [1.807, 2.05) is 0 Å². The lowest BCUT2D eigenvalue weighted by molar-refractivity contribution is -0.137. The largest absolute Gasteiger partial charge is 0.416 e. The minimum Gasteiger partial charge on any atom is -0.316 e. The quantitative estimate of drug-likeness (QED) is 0.927. The first-order valence-corrected chi connectivity index (χ1v) is 7.23. The predicted molar refractivity (Wildman–Crippen MR) is 76.6 cm³/mol. The Morgan fingerprint density at radius 1 is 1.14 bits per heavy atom. The molecule has 0 bridgehead atoms. The smallest absolute Gasteiger partial charge is 0.316 e. The molecule has 1 aliphatic rings. The summed E-state index contributed by atoms with van der Waals surface area (Å²) in [6.07, 6.45) is -0.494. The molecule has 22 heavy (non-hydrogen) atoms. The minimum absolute atomic E-state index is 0.310. The molecule has 0 amide bonds. The molecular weight excluding hydrogens is 291 g/mol. The van der Waals surface area contributed by atoms with E-state index < -0.39 is 11.7 Å². The Labute approximate surface area is 126 Å². The number of aromatic nitrogens is 2. The molecule has 1 aromatic heterocycles. The van der Waals surface area contributed by atoms with Crippen LogP contribution in [0.5, 0.6) is 0 Å². The maximum Gasteiger partial charge on any atom is 0.416 e. The van der Waals surface area contributed by atoms with Crippen molar-refractivity contribution in [3.63, 3.8) is 0 Å². The summed E-state index contributed by atoms with van der Waals surface area (Å²) >= 11 is 0. The highest BCUT2D eigenvalue weighted by atomic mass is 19.4. The topological polar surface area (TPSA) is 37.8 Å². The Morgan fingerprint density at radius 2 is 1.95 bits per heavy atom. The Bertz CT molecular complexity index is 668. The highest BCUT2D eigenvalue weighted by molar-refractivity contribution is 5.28. The molecule has 3 rings (SSSR count). The van der Waals surface area contributed by atoms with Crippen LogP contribution in [0.15, 0.2) is 30.5 Å². The molecule has 3 nitrogen and oxygen atoms in total. The Kier molecular flexibility index (Phi) is 4.11. The van der Waals surface area contributed by atoms with E-state index in [9.17, 15) is 13.2 Å². The monoisotopic (exact) mass is 307 g/mol. The molecule has 0 fully saturated rings. The van der Waals surface area contributed by atoms with Crippen molar-refractivity contribution >= 4 is 0 Å². The number of hydrogen-bond donors (Lipinski definition) is 1. The zero-order chi connectivity index (χ0) is 15.6. The lowest BCUT2D eigenvalue weighted by atomic mass is 10.1. The van der Waals surface area contributed by atoms with E-state index in [1.165, 1.54) is 6.07 Å². The van der Waals surface area contributed by atoms with Crippen molar-refractivity contribution in [3.8, 4) is 0 Å². The molecule has 6 heteroatoms. The van der Waals surface area contributed by atoms with E-state index in [-0.39, 0.29) is 0 Å². The van der Waals surface area contributed by atoms with Crippen LogP contribution in [-0.4, -0.2) is 23.1 Å². The van der Waals surface area contributed by atoms with Crippen molar-refractivity contribution < 1.29 is 13.2 Å². The summed E-state index contributed by atoms with van der Waals surface area (Å²) in [7, 11) is 0. The molecule has 1 aliphatic heterocycles. The number of fused-ring (bicyclic) bond motifs is 1. The van der Waals surface area contributed by atoms with Crippen LogP contribution in [0.25, 0.3) is 0 Å². The van der Waals surface area contributed by atoms with Crippen LogP contribution in [0.1, 0.15) is 28.2 Å². The summed E-state index contributed by atoms with van der Waals surface area (Å²) in [6, 6.07) is 5.33. The number of rotatable bonds is 2. The number of hydrogen-bond acceptors (Lipinski definition) is 3. The minimum atomic E-state index is -4.32. The summed E-state index contributed by atoms with van der Waals surface area (Å²) in [5.41, 5.74) is 2.06. The van der Waals surface area contributed by atoms with Gasteiger partial charge >= 0.3 is 6.18 Å². The highest BCUT2D eigenvalue weighted by Gasteiger charge is 2.30. The van der Waals surface area contributed by atoms with Crippen molar-refractivity contribution in [2.75, 3.05) is 13.1 Å². The van der Waals surface area contributed by atoms with Gasteiger partial charge in [-0.3, -0.25) is 0 Å². The Morgan fingerprint density at radius 3 is 2.77 bits per heavy atom. The van der Waals surface area contributed by atoms with Crippen LogP contribution in [0, 0.1) is 0 Å². The zero-order valence-electron chi connectivity index (χ0n) is 12.0. The maximum absolute atomic E-state index is 12.7. The van der Waals surface area contributed by atoms with Crippen LogP contribution in [0.3, 0.4) is 0 Å². The number of benzene rings is 1. The van der Waals surface area contributed by atoms with E-state index in [0.29, 0.717) is 17.8 Å². The fourth-order valence-corrected chi connectivity index (χ4v) is 2.59. The zero-order valence-corrected chi connectivity index (χ0v) is 12.0. The number of nitrogens with one attached hydrogen (secondary N) is 1. The van der Waals surface area contributed by atoms with Gasteiger partial charge in [0.25, 0.3) is 0 Å². The van der Waals surface area contributed by atoms with Crippen molar-refractivity contribution in [2.24, 2.45) is 0 Å². The molecule has 1 N–H and O–H groups in total. The van der Waals surface area contributed by atoms with Crippen molar-refractivity contribution in [3.05, 3.63) is 58.7 Å². The van der Waals surface area contributed by atoms with Gasteiger partial charge in [0.15, 0.2) is 0 Å². The van der Waals surface area contributed by atoms with Gasteiger partial charge < -0.3 is 5.32 Å². The Hall–Kier alpha value is -1.95. The first kappa shape index (κ1) is 15.0. The fourth-order valence-electron chi connectivity index (χ4n) is 2.59. The third-order valence-electron chi connectivity index (χ3n) is 3.73. The molecule has 0 saturated carbocycles. The van der Waals surface area contributed by atoms with Crippen LogP contribution < -0.4 is 5.32 Å². The van der Waals surface area contributed by atoms with Gasteiger partial charge in [-0.1, -0.05) is 18.2 Å². The highest BCUT2D eigenvalue weighted by Crippen LogP contribution is 2.29. The van der Waals surface area contributed by atoms with Gasteiger partial charge in [0, 0.05) is 31.3 Å². The van der Waals surface area contributed by atoms with Crippen molar-refractivity contribution in [1.82, 2.24) is 15.3 Å². The molecule has 0 atom stereocenters. The molecular formula is C16H16F3N3. The van der Waals surface area contributed by atoms with Crippen molar-refractivity contribution in [2.45, 2.75) is 25.4 Å². The fraction of sp³-hybridized carbons (Fsp3) is 0.375. The first-order valence-electron chi connectivity index (χ1n) is 7.23. The van der Waals surface area contributed by atoms with Gasteiger partial charge in [-0.15, -0.1) is 0 Å². The van der Waals surface area contributed by atoms with Crippen LogP contribution >= 0.6 is 0 Å². The summed E-state index contributed by atoms with van der Waals surface area (Å²) in [5, 5.41) is 3.29. The standard InChI is InChI=1S/C16H16F3N3/c17-16(18,19)13-3-1-2-11(8-13)9-15-21-10-12-4-6-20-7-5-14(12)22-15/h1-3,8,10,20H,4-7,9H2. The van der Waals surface area contributed by atoms with Gasteiger partial charge in [-0.25, -0.2) is 9.97 Å². The van der Waals surface area contributed by atoms with Crippen LogP contribution in [-0.2, 0) is 25.4 Å². The molecule has 2 heterocycles. The number of halogens is 3. The lowest BCUT2D eigenvalue weighted by Crippen LogP contribution is -2.16. The second-order valence-corrected chi connectivity index (χ2v) is 5.38. The van der Waals surface area contributed by atoms with E-state index in [1.54, 1.807) is 12.3 Å². The molecule has 0 unspecified atom stereocenters. The van der Waals surface area contributed by atoms with Gasteiger partial charge in [0.1, 0.15) is 5.82 Å². The normalized spacial score (nSPS) is 15.2. The number of nitrogens with zero attached hydrogens (tertiary/aromatic N) is 2. The maximum atomic E-state index is 12.7. The molecule has 116 valence electrons. The summed E-state index contributed by atoms with van der Waals surface area (Å²) < 4.78 is 38.2. The average Bonchev–Trinajstić information content (AvgIpc) is 2.71. The van der Waals surface area contributed by atoms with Crippen LogP contribution in [0.2, 0.25) is 0 Å². The summed E-state index contributed by atoms with van der Waals surface area (Å²) in [4.78, 5) is 8.83. The van der Waals surface area contributed by atoms with Crippen molar-refractivity contribution in [1.29, 1.82) is 0 Å². The number of alkyl halides is 3. The van der Waals surface area contributed by atoms with Gasteiger partial charge in [0.2, 0.25) is 0 Å². The van der Waals surface area contributed by atoms with E-state index in [2.05, 4.69) is 15.3 Å². The molecule has 0 radical (unpaired) electrons. The summed E-state index contributed by atoms with van der Waals surface area (Å²) in [5.74, 6) is 0.569. The van der Waals surface area contributed by atoms with E-state index >= 15 is 0 Å². The second-order valence-electron chi connectivity index (χ2n) is 5.38. The Balaban J connectivity index is 1.83. The van der Waals surface area contributed by atoms with Gasteiger partial charge in [-0.05, 0) is 30.2 Å². The van der Waals surface area contributed by atoms with E-state index in [0.717, 1.165) is 49.3 Å². The lowest BCUT2D eigenvalue weighted by Gasteiger charge is -2.09. The first-order chi connectivity index (χ1) is 10.5. The SMILES string of the molecule is FC(F)(F)c1cccc(Cc2ncc3c(n2)CCNCC3)c1. The summed E-state index contributed by atoms with van der Waals surface area (Å²) in [6.45, 7) is 1.77. The molecule has 1 aromatic carbocycles.